The van der Waals surface area contributed by atoms with Gasteiger partial charge in [-0.05, 0) is 37.6 Å². The van der Waals surface area contributed by atoms with E-state index in [9.17, 15) is 4.79 Å². The van der Waals surface area contributed by atoms with E-state index in [2.05, 4.69) is 10.3 Å². The van der Waals surface area contributed by atoms with Gasteiger partial charge < -0.3 is 14.8 Å². The van der Waals surface area contributed by atoms with E-state index in [1.54, 1.807) is 30.5 Å². The number of amides is 1. The van der Waals surface area contributed by atoms with Gasteiger partial charge in [-0.25, -0.2) is 4.98 Å². The van der Waals surface area contributed by atoms with Crippen LogP contribution in [0.25, 0.3) is 6.08 Å². The quantitative estimate of drug-likeness (QED) is 0.791. The lowest BCUT2D eigenvalue weighted by Gasteiger charge is -2.09. The average molecular weight is 361 g/mol. The van der Waals surface area contributed by atoms with E-state index in [1.807, 2.05) is 32.1 Å². The molecule has 1 amide bonds. The predicted octanol–water partition coefficient (Wildman–Crippen LogP) is 4.46. The number of carbonyl (C=O) groups excluding carboxylic acids is 1. The summed E-state index contributed by atoms with van der Waals surface area (Å²) in [5, 5.41) is 3.27. The molecule has 0 unspecified atom stereocenters. The lowest BCUT2D eigenvalue weighted by atomic mass is 10.2. The number of rotatable bonds is 7. The van der Waals surface area contributed by atoms with Gasteiger partial charge in [0, 0.05) is 31.3 Å². The van der Waals surface area contributed by atoms with E-state index >= 15 is 0 Å². The van der Waals surface area contributed by atoms with Crippen LogP contribution in [0, 0.1) is 0 Å². The second-order valence-corrected chi connectivity index (χ2v) is 5.81. The predicted molar refractivity (Wildman–Crippen MR) is 99.2 cm³/mol. The zero-order chi connectivity index (χ0) is 18.2. The number of carbonyl (C=O) groups is 1. The van der Waals surface area contributed by atoms with Gasteiger partial charge in [-0.1, -0.05) is 23.8 Å². The molecule has 0 aliphatic carbocycles. The normalized spacial score (nSPS) is 12.0. The van der Waals surface area contributed by atoms with Crippen molar-refractivity contribution < 1.29 is 14.3 Å². The maximum absolute atomic E-state index is 11.0. The minimum absolute atomic E-state index is 0.0476. The molecule has 0 saturated carbocycles. The third kappa shape index (κ3) is 6.12. The Morgan fingerprint density at radius 2 is 2.16 bits per heavy atom. The Morgan fingerprint density at radius 3 is 2.80 bits per heavy atom. The second-order valence-electron chi connectivity index (χ2n) is 5.41. The molecule has 1 aromatic carbocycles. The van der Waals surface area contributed by atoms with Crippen LogP contribution in [-0.4, -0.2) is 23.5 Å². The molecule has 0 fully saturated rings. The highest BCUT2D eigenvalue weighted by Crippen LogP contribution is 2.32. The van der Waals surface area contributed by atoms with Crippen molar-refractivity contribution in [3.05, 3.63) is 53.2 Å². The minimum Gasteiger partial charge on any atom is -0.494 e. The molecule has 5 nitrogen and oxygen atoms in total. The number of benzene rings is 1. The number of hydrogen-bond donors (Lipinski definition) is 1. The van der Waals surface area contributed by atoms with Crippen LogP contribution in [0.3, 0.4) is 0 Å². The molecule has 0 aliphatic rings. The average Bonchev–Trinajstić information content (AvgIpc) is 2.57. The number of pyridine rings is 1. The third-order valence-corrected chi connectivity index (χ3v) is 3.51. The highest BCUT2D eigenvalue weighted by atomic mass is 35.5. The third-order valence-electron chi connectivity index (χ3n) is 3.20. The van der Waals surface area contributed by atoms with E-state index in [0.29, 0.717) is 29.0 Å². The largest absolute Gasteiger partial charge is 0.494 e. The lowest BCUT2D eigenvalue weighted by molar-refractivity contribution is -0.119. The summed E-state index contributed by atoms with van der Waals surface area (Å²) in [7, 11) is 0. The summed E-state index contributed by atoms with van der Waals surface area (Å²) in [6, 6.07) is 8.83. The van der Waals surface area contributed by atoms with Crippen LogP contribution in [0.2, 0.25) is 5.02 Å². The molecule has 0 saturated heterocycles. The van der Waals surface area contributed by atoms with E-state index in [1.165, 1.54) is 6.92 Å². The first-order chi connectivity index (χ1) is 12.0. The Labute approximate surface area is 152 Å². The van der Waals surface area contributed by atoms with Crippen molar-refractivity contribution in [3.8, 4) is 17.4 Å². The number of halogens is 1. The van der Waals surface area contributed by atoms with Crippen LogP contribution in [-0.2, 0) is 4.79 Å². The Balaban J connectivity index is 2.04. The fourth-order valence-corrected chi connectivity index (χ4v) is 2.26. The zero-order valence-corrected chi connectivity index (χ0v) is 15.2. The van der Waals surface area contributed by atoms with Gasteiger partial charge in [-0.2, -0.15) is 0 Å². The van der Waals surface area contributed by atoms with E-state index < -0.39 is 0 Å². The minimum atomic E-state index is -0.0646. The fourth-order valence-electron chi connectivity index (χ4n) is 2.11. The Bertz CT molecular complexity index is 745. The van der Waals surface area contributed by atoms with Crippen molar-refractivity contribution >= 4 is 23.6 Å². The van der Waals surface area contributed by atoms with Gasteiger partial charge in [-0.15, -0.1) is 0 Å². The molecule has 1 heterocycles. The van der Waals surface area contributed by atoms with Crippen molar-refractivity contribution in [2.24, 2.45) is 0 Å². The van der Waals surface area contributed by atoms with Gasteiger partial charge >= 0.3 is 0 Å². The summed E-state index contributed by atoms with van der Waals surface area (Å²) < 4.78 is 11.2. The summed E-state index contributed by atoms with van der Waals surface area (Å²) in [6.07, 6.45) is 5.47. The molecule has 25 heavy (non-hydrogen) atoms. The zero-order valence-electron chi connectivity index (χ0n) is 14.5. The van der Waals surface area contributed by atoms with E-state index in [-0.39, 0.29) is 11.9 Å². The van der Waals surface area contributed by atoms with Gasteiger partial charge in [0.2, 0.25) is 11.8 Å². The standard InChI is InChI=1S/C19H21ClN2O3/c1-4-24-16-8-9-17(20)18(11-16)25-19-10-7-15(12-21-19)6-5-13(2)22-14(3)23/h5-13H,4H2,1-3H3,(H,22,23)/t13-/m0/s1. The first-order valence-electron chi connectivity index (χ1n) is 7.99. The molecule has 0 bridgehead atoms. The molecule has 0 aliphatic heterocycles. The van der Waals surface area contributed by atoms with Gasteiger partial charge in [0.05, 0.1) is 11.6 Å². The summed E-state index contributed by atoms with van der Waals surface area (Å²) in [4.78, 5) is 15.3. The summed E-state index contributed by atoms with van der Waals surface area (Å²) in [5.41, 5.74) is 0.902. The van der Waals surface area contributed by atoms with Crippen molar-refractivity contribution in [2.75, 3.05) is 6.61 Å². The van der Waals surface area contributed by atoms with Crippen LogP contribution in [0.4, 0.5) is 0 Å². The fraction of sp³-hybridized carbons (Fsp3) is 0.263. The molecule has 6 heteroatoms. The summed E-state index contributed by atoms with van der Waals surface area (Å²) in [5.74, 6) is 1.55. The number of nitrogens with zero attached hydrogens (tertiary/aromatic N) is 1. The Kier molecular flexibility index (Phi) is 6.83. The summed E-state index contributed by atoms with van der Waals surface area (Å²) in [6.45, 7) is 5.87. The first kappa shape index (κ1) is 18.8. The molecule has 1 N–H and O–H groups in total. The maximum atomic E-state index is 11.0. The molecule has 0 spiro atoms. The second kappa shape index (κ2) is 9.08. The molecular weight excluding hydrogens is 340 g/mol. The smallest absolute Gasteiger partial charge is 0.219 e. The van der Waals surface area contributed by atoms with Gasteiger partial charge in [0.15, 0.2) is 5.75 Å². The maximum Gasteiger partial charge on any atom is 0.219 e. The number of ether oxygens (including phenoxy) is 2. The molecule has 0 radical (unpaired) electrons. The van der Waals surface area contributed by atoms with Crippen molar-refractivity contribution in [3.63, 3.8) is 0 Å². The summed E-state index contributed by atoms with van der Waals surface area (Å²) >= 11 is 6.15. The lowest BCUT2D eigenvalue weighted by Crippen LogP contribution is -2.28. The number of nitrogens with one attached hydrogen (secondary N) is 1. The molecule has 1 aromatic heterocycles. The van der Waals surface area contributed by atoms with Crippen LogP contribution < -0.4 is 14.8 Å². The van der Waals surface area contributed by atoms with E-state index in [0.717, 1.165) is 5.56 Å². The van der Waals surface area contributed by atoms with Crippen LogP contribution in [0.15, 0.2) is 42.6 Å². The molecule has 1 atom stereocenters. The number of hydrogen-bond acceptors (Lipinski definition) is 4. The van der Waals surface area contributed by atoms with Gasteiger partial charge in [0.1, 0.15) is 5.75 Å². The molecule has 132 valence electrons. The SMILES string of the molecule is CCOc1ccc(Cl)c(Oc2ccc(C=C[C@H](C)NC(C)=O)cn2)c1. The highest BCUT2D eigenvalue weighted by Gasteiger charge is 2.06. The molecule has 2 aromatic rings. The molecular formula is C19H21ClN2O3. The monoisotopic (exact) mass is 360 g/mol. The Morgan fingerprint density at radius 1 is 1.36 bits per heavy atom. The topological polar surface area (TPSA) is 60.5 Å². The van der Waals surface area contributed by atoms with E-state index in [4.69, 9.17) is 21.1 Å². The molecule has 2 rings (SSSR count). The van der Waals surface area contributed by atoms with Crippen molar-refractivity contribution in [2.45, 2.75) is 26.8 Å². The van der Waals surface area contributed by atoms with Gasteiger partial charge in [0.25, 0.3) is 0 Å². The highest BCUT2D eigenvalue weighted by molar-refractivity contribution is 6.32. The van der Waals surface area contributed by atoms with Gasteiger partial charge in [-0.3, -0.25) is 4.79 Å². The van der Waals surface area contributed by atoms with Crippen molar-refractivity contribution in [1.82, 2.24) is 10.3 Å². The van der Waals surface area contributed by atoms with Crippen LogP contribution in [0.5, 0.6) is 17.4 Å². The first-order valence-corrected chi connectivity index (χ1v) is 8.37. The Hall–Kier alpha value is -2.53. The van der Waals surface area contributed by atoms with Crippen LogP contribution >= 0.6 is 11.6 Å². The van der Waals surface area contributed by atoms with Crippen molar-refractivity contribution in [1.29, 1.82) is 0 Å². The van der Waals surface area contributed by atoms with Crippen LogP contribution in [0.1, 0.15) is 26.3 Å². The number of aromatic nitrogens is 1.